The van der Waals surface area contributed by atoms with Gasteiger partial charge in [0.15, 0.2) is 0 Å². The lowest BCUT2D eigenvalue weighted by molar-refractivity contribution is 0.312. The van der Waals surface area contributed by atoms with Crippen LogP contribution in [0.2, 0.25) is 0 Å². The molecular weight excluding hydrogens is 306 g/mol. The number of rotatable bonds is 6. The second-order valence-corrected chi connectivity index (χ2v) is 6.21. The van der Waals surface area contributed by atoms with Crippen molar-refractivity contribution >= 4 is 0 Å². The number of nitrogens with two attached hydrogens (primary N) is 1. The van der Waals surface area contributed by atoms with Crippen molar-refractivity contribution in [2.75, 3.05) is 33.9 Å². The molecule has 1 aliphatic heterocycles. The fraction of sp³-hybridized carbons (Fsp3) is 0.500. The Bertz CT molecular complexity index is 699. The first-order valence-electron chi connectivity index (χ1n) is 8.25. The van der Waals surface area contributed by atoms with Crippen molar-refractivity contribution in [3.05, 3.63) is 29.7 Å². The van der Waals surface area contributed by atoms with E-state index in [1.165, 1.54) is 0 Å². The molecule has 1 unspecified atom stereocenters. The van der Waals surface area contributed by atoms with Crippen LogP contribution in [0.1, 0.15) is 17.9 Å². The molecule has 1 aromatic carbocycles. The van der Waals surface area contributed by atoms with Gasteiger partial charge >= 0.3 is 0 Å². The molecule has 1 saturated heterocycles. The van der Waals surface area contributed by atoms with Crippen LogP contribution in [0.4, 0.5) is 0 Å². The standard InChI is InChI=1S/C18H25N3O3/c1-12-16(11-21-7-6-13(9-19)10-21)20-18(24-12)15-8-14(22-2)4-5-17(15)23-3/h4-5,8,13H,6-7,9-11,19H2,1-3H3. The Balaban J connectivity index is 1.84. The van der Waals surface area contributed by atoms with Crippen molar-refractivity contribution in [1.82, 2.24) is 9.88 Å². The van der Waals surface area contributed by atoms with Gasteiger partial charge in [0.05, 0.1) is 25.5 Å². The van der Waals surface area contributed by atoms with Gasteiger partial charge in [-0.2, -0.15) is 0 Å². The molecule has 0 saturated carbocycles. The highest BCUT2D eigenvalue weighted by molar-refractivity contribution is 5.65. The first-order chi connectivity index (χ1) is 11.6. The Hall–Kier alpha value is -2.05. The highest BCUT2D eigenvalue weighted by Crippen LogP contribution is 2.34. The third kappa shape index (κ3) is 3.39. The molecule has 1 fully saturated rings. The highest BCUT2D eigenvalue weighted by atomic mass is 16.5. The van der Waals surface area contributed by atoms with E-state index in [0.717, 1.165) is 55.4 Å². The lowest BCUT2D eigenvalue weighted by Crippen LogP contribution is -2.23. The average molecular weight is 331 g/mol. The minimum Gasteiger partial charge on any atom is -0.497 e. The first kappa shape index (κ1) is 16.8. The number of benzene rings is 1. The van der Waals surface area contributed by atoms with Crippen molar-refractivity contribution in [2.45, 2.75) is 19.9 Å². The van der Waals surface area contributed by atoms with E-state index < -0.39 is 0 Å². The monoisotopic (exact) mass is 331 g/mol. The Morgan fingerprint density at radius 3 is 2.83 bits per heavy atom. The van der Waals surface area contributed by atoms with Crippen LogP contribution in [0.3, 0.4) is 0 Å². The molecule has 0 aliphatic carbocycles. The predicted octanol–water partition coefficient (Wildman–Crippen LogP) is 2.45. The minimum absolute atomic E-state index is 0.563. The molecule has 2 N–H and O–H groups in total. The van der Waals surface area contributed by atoms with E-state index in [2.05, 4.69) is 4.90 Å². The van der Waals surface area contributed by atoms with E-state index in [0.29, 0.717) is 17.6 Å². The normalized spacial score (nSPS) is 18.1. The SMILES string of the molecule is COc1ccc(OC)c(-c2nc(CN3CCC(CN)C3)c(C)o2)c1. The van der Waals surface area contributed by atoms with Crippen molar-refractivity contribution in [1.29, 1.82) is 0 Å². The number of aromatic nitrogens is 1. The summed E-state index contributed by atoms with van der Waals surface area (Å²) in [6.45, 7) is 5.58. The van der Waals surface area contributed by atoms with Gasteiger partial charge in [0.25, 0.3) is 0 Å². The molecule has 0 amide bonds. The van der Waals surface area contributed by atoms with Crippen LogP contribution in [-0.2, 0) is 6.54 Å². The van der Waals surface area contributed by atoms with Crippen LogP contribution in [0.25, 0.3) is 11.5 Å². The number of nitrogens with zero attached hydrogens (tertiary/aromatic N) is 2. The Morgan fingerprint density at radius 2 is 2.17 bits per heavy atom. The van der Waals surface area contributed by atoms with E-state index in [1.54, 1.807) is 14.2 Å². The molecule has 0 radical (unpaired) electrons. The lowest BCUT2D eigenvalue weighted by Gasteiger charge is -2.13. The molecule has 3 rings (SSSR count). The molecule has 1 atom stereocenters. The number of hydrogen-bond acceptors (Lipinski definition) is 6. The zero-order chi connectivity index (χ0) is 17.1. The Labute approximate surface area is 142 Å². The molecule has 0 bridgehead atoms. The Morgan fingerprint density at radius 1 is 1.33 bits per heavy atom. The maximum atomic E-state index is 5.91. The van der Waals surface area contributed by atoms with Gasteiger partial charge < -0.3 is 19.6 Å². The molecule has 130 valence electrons. The molecular formula is C18H25N3O3. The van der Waals surface area contributed by atoms with Gasteiger partial charge in [-0.15, -0.1) is 0 Å². The maximum absolute atomic E-state index is 5.91. The quantitative estimate of drug-likeness (QED) is 0.876. The lowest BCUT2D eigenvalue weighted by atomic mass is 10.1. The minimum atomic E-state index is 0.563. The van der Waals surface area contributed by atoms with Gasteiger partial charge in [-0.05, 0) is 50.6 Å². The molecule has 0 spiro atoms. The van der Waals surface area contributed by atoms with Crippen molar-refractivity contribution in [3.8, 4) is 23.0 Å². The molecule has 1 aliphatic rings. The second kappa shape index (κ2) is 7.23. The number of aryl methyl sites for hydroxylation is 1. The fourth-order valence-electron chi connectivity index (χ4n) is 3.13. The van der Waals surface area contributed by atoms with Gasteiger partial charge in [0.1, 0.15) is 17.3 Å². The maximum Gasteiger partial charge on any atom is 0.230 e. The zero-order valence-corrected chi connectivity index (χ0v) is 14.5. The number of ether oxygens (including phenoxy) is 2. The third-order valence-corrected chi connectivity index (χ3v) is 4.61. The van der Waals surface area contributed by atoms with Crippen molar-refractivity contribution in [2.24, 2.45) is 11.7 Å². The molecule has 2 aromatic rings. The molecule has 6 heteroatoms. The van der Waals surface area contributed by atoms with Crippen LogP contribution < -0.4 is 15.2 Å². The summed E-state index contributed by atoms with van der Waals surface area (Å²) in [5.41, 5.74) is 7.54. The zero-order valence-electron chi connectivity index (χ0n) is 14.5. The summed E-state index contributed by atoms with van der Waals surface area (Å²) >= 11 is 0. The summed E-state index contributed by atoms with van der Waals surface area (Å²) in [6, 6.07) is 5.60. The molecule has 6 nitrogen and oxygen atoms in total. The third-order valence-electron chi connectivity index (χ3n) is 4.61. The van der Waals surface area contributed by atoms with Gasteiger partial charge in [0.2, 0.25) is 5.89 Å². The number of likely N-dealkylation sites (tertiary alicyclic amines) is 1. The summed E-state index contributed by atoms with van der Waals surface area (Å²) in [7, 11) is 3.28. The average Bonchev–Trinajstić information content (AvgIpc) is 3.21. The van der Waals surface area contributed by atoms with Crippen LogP contribution in [0, 0.1) is 12.8 Å². The molecule has 2 heterocycles. The summed E-state index contributed by atoms with van der Waals surface area (Å²) in [6.07, 6.45) is 1.16. The van der Waals surface area contributed by atoms with Crippen molar-refractivity contribution < 1.29 is 13.9 Å². The van der Waals surface area contributed by atoms with E-state index in [4.69, 9.17) is 24.6 Å². The van der Waals surface area contributed by atoms with Crippen LogP contribution in [-0.4, -0.2) is 43.7 Å². The fourth-order valence-corrected chi connectivity index (χ4v) is 3.13. The molecule has 24 heavy (non-hydrogen) atoms. The summed E-state index contributed by atoms with van der Waals surface area (Å²) in [5.74, 6) is 3.45. The first-order valence-corrected chi connectivity index (χ1v) is 8.25. The van der Waals surface area contributed by atoms with Gasteiger partial charge in [0, 0.05) is 13.1 Å². The molecule has 1 aromatic heterocycles. The van der Waals surface area contributed by atoms with Crippen molar-refractivity contribution in [3.63, 3.8) is 0 Å². The van der Waals surface area contributed by atoms with E-state index in [9.17, 15) is 0 Å². The van der Waals surface area contributed by atoms with Gasteiger partial charge in [-0.3, -0.25) is 4.90 Å². The largest absolute Gasteiger partial charge is 0.497 e. The Kier molecular flexibility index (Phi) is 5.06. The van der Waals surface area contributed by atoms with Crippen LogP contribution in [0.5, 0.6) is 11.5 Å². The summed E-state index contributed by atoms with van der Waals surface area (Å²) < 4.78 is 16.6. The van der Waals surface area contributed by atoms with Gasteiger partial charge in [-0.25, -0.2) is 4.98 Å². The number of methoxy groups -OCH3 is 2. The van der Waals surface area contributed by atoms with Crippen LogP contribution >= 0.6 is 0 Å². The van der Waals surface area contributed by atoms with Gasteiger partial charge in [-0.1, -0.05) is 0 Å². The summed E-state index contributed by atoms with van der Waals surface area (Å²) in [4.78, 5) is 7.09. The van der Waals surface area contributed by atoms with Crippen LogP contribution in [0.15, 0.2) is 22.6 Å². The topological polar surface area (TPSA) is 73.8 Å². The van der Waals surface area contributed by atoms with E-state index in [-0.39, 0.29) is 0 Å². The highest BCUT2D eigenvalue weighted by Gasteiger charge is 2.24. The number of hydrogen-bond donors (Lipinski definition) is 1. The smallest absolute Gasteiger partial charge is 0.230 e. The number of oxazole rings is 1. The second-order valence-electron chi connectivity index (χ2n) is 6.21. The predicted molar refractivity (Wildman–Crippen MR) is 92.2 cm³/mol. The van der Waals surface area contributed by atoms with E-state index >= 15 is 0 Å². The summed E-state index contributed by atoms with van der Waals surface area (Å²) in [5, 5.41) is 0. The van der Waals surface area contributed by atoms with E-state index in [1.807, 2.05) is 25.1 Å².